The Morgan fingerprint density at radius 2 is 1.85 bits per heavy atom. The molecule has 1 saturated heterocycles. The van der Waals surface area contributed by atoms with Gasteiger partial charge in [-0.2, -0.15) is 0 Å². The largest absolute Gasteiger partial charge is 0.481 e. The van der Waals surface area contributed by atoms with Gasteiger partial charge in [-0.25, -0.2) is 0 Å². The van der Waals surface area contributed by atoms with Crippen molar-refractivity contribution in [2.45, 2.75) is 38.0 Å². The van der Waals surface area contributed by atoms with Crippen molar-refractivity contribution in [1.29, 1.82) is 0 Å². The van der Waals surface area contributed by atoms with Crippen molar-refractivity contribution in [1.82, 2.24) is 0 Å². The topological polar surface area (TPSA) is 40.5 Å². The average Bonchev–Trinajstić information content (AvgIpc) is 3.48. The second-order valence-corrected chi connectivity index (χ2v) is 7.84. The fraction of sp³-hybridized carbons (Fsp3) is 0.435. The van der Waals surface area contributed by atoms with Gasteiger partial charge >= 0.3 is 5.97 Å². The number of aliphatic carboxylic acids is 1. The number of nitrogens with zero attached hydrogens (tertiary/aromatic N) is 1. The molecule has 26 heavy (non-hydrogen) atoms. The molecule has 0 amide bonds. The molecule has 1 N–H and O–H groups in total. The fourth-order valence-electron chi connectivity index (χ4n) is 4.30. The highest BCUT2D eigenvalue weighted by Crippen LogP contribution is 2.42. The molecule has 0 bridgehead atoms. The zero-order valence-electron chi connectivity index (χ0n) is 15.2. The van der Waals surface area contributed by atoms with Gasteiger partial charge in [-0.3, -0.25) is 4.79 Å². The van der Waals surface area contributed by atoms with E-state index in [-0.39, 0.29) is 5.92 Å². The van der Waals surface area contributed by atoms with Crippen LogP contribution in [-0.4, -0.2) is 24.2 Å². The summed E-state index contributed by atoms with van der Waals surface area (Å²) >= 11 is 0. The van der Waals surface area contributed by atoms with Crippen LogP contribution in [0.15, 0.2) is 54.6 Å². The Labute approximate surface area is 155 Å². The standard InChI is InChI=1S/C23H27NO2/c25-23(26)22-15-19(22)11-8-17-9-12-21(13-10-17)24-14-4-7-20(16-24)18-5-2-1-3-6-18/h1-3,5-6,9-10,12-13,19-20,22H,4,7-8,11,14-16H2,(H,25,26)/t19-,20?,22?/m1/s1. The molecular formula is C23H27NO2. The molecule has 2 aromatic rings. The van der Waals surface area contributed by atoms with Crippen LogP contribution in [0.4, 0.5) is 5.69 Å². The highest BCUT2D eigenvalue weighted by molar-refractivity contribution is 5.73. The molecule has 3 nitrogen and oxygen atoms in total. The summed E-state index contributed by atoms with van der Waals surface area (Å²) in [6.45, 7) is 2.22. The van der Waals surface area contributed by atoms with Gasteiger partial charge < -0.3 is 10.0 Å². The molecule has 3 heteroatoms. The molecule has 4 rings (SSSR count). The van der Waals surface area contributed by atoms with Gasteiger partial charge in [0.15, 0.2) is 0 Å². The van der Waals surface area contributed by atoms with E-state index in [4.69, 9.17) is 5.11 Å². The van der Waals surface area contributed by atoms with Gasteiger partial charge in [0, 0.05) is 24.7 Å². The number of rotatable bonds is 6. The van der Waals surface area contributed by atoms with Crippen LogP contribution in [0.2, 0.25) is 0 Å². The zero-order valence-corrected chi connectivity index (χ0v) is 15.2. The predicted molar refractivity (Wildman–Crippen MR) is 105 cm³/mol. The number of piperidine rings is 1. The summed E-state index contributed by atoms with van der Waals surface area (Å²) in [6.07, 6.45) is 5.35. The summed E-state index contributed by atoms with van der Waals surface area (Å²) in [5, 5.41) is 9.00. The first-order valence-corrected chi connectivity index (χ1v) is 9.82. The van der Waals surface area contributed by atoms with Crippen LogP contribution >= 0.6 is 0 Å². The van der Waals surface area contributed by atoms with Crippen molar-refractivity contribution < 1.29 is 9.90 Å². The van der Waals surface area contributed by atoms with Crippen LogP contribution in [0.1, 0.15) is 42.7 Å². The maximum atomic E-state index is 10.9. The highest BCUT2D eigenvalue weighted by Gasteiger charge is 2.42. The van der Waals surface area contributed by atoms with E-state index in [0.29, 0.717) is 11.8 Å². The lowest BCUT2D eigenvalue weighted by atomic mass is 9.90. The molecule has 136 valence electrons. The van der Waals surface area contributed by atoms with Gasteiger partial charge in [0.2, 0.25) is 0 Å². The molecule has 0 spiro atoms. The van der Waals surface area contributed by atoms with Crippen molar-refractivity contribution in [2.75, 3.05) is 18.0 Å². The number of hydrogen-bond donors (Lipinski definition) is 1. The second kappa shape index (κ2) is 7.53. The molecule has 1 aliphatic heterocycles. The summed E-state index contributed by atoms with van der Waals surface area (Å²) in [6, 6.07) is 19.8. The minimum Gasteiger partial charge on any atom is -0.481 e. The normalized spacial score (nSPS) is 25.1. The van der Waals surface area contributed by atoms with E-state index in [9.17, 15) is 4.79 Å². The summed E-state index contributed by atoms with van der Waals surface area (Å²) in [4.78, 5) is 13.4. The Morgan fingerprint density at radius 3 is 2.54 bits per heavy atom. The van der Waals surface area contributed by atoms with Crippen molar-refractivity contribution in [2.24, 2.45) is 11.8 Å². The van der Waals surface area contributed by atoms with Crippen molar-refractivity contribution in [3.63, 3.8) is 0 Å². The molecule has 1 saturated carbocycles. The lowest BCUT2D eigenvalue weighted by molar-refractivity contribution is -0.138. The Hall–Kier alpha value is -2.29. The first-order valence-electron chi connectivity index (χ1n) is 9.82. The molecular weight excluding hydrogens is 322 g/mol. The van der Waals surface area contributed by atoms with Crippen LogP contribution in [0.25, 0.3) is 0 Å². The fourth-order valence-corrected chi connectivity index (χ4v) is 4.30. The molecule has 2 fully saturated rings. The molecule has 2 aromatic carbocycles. The van der Waals surface area contributed by atoms with Gasteiger partial charge in [0.05, 0.1) is 5.92 Å². The van der Waals surface area contributed by atoms with Gasteiger partial charge in [-0.1, -0.05) is 42.5 Å². The SMILES string of the molecule is O=C(O)C1C[C@H]1CCc1ccc(N2CCCC(c3ccccc3)C2)cc1. The first kappa shape index (κ1) is 17.1. The second-order valence-electron chi connectivity index (χ2n) is 7.84. The molecule has 2 aliphatic rings. The van der Waals surface area contributed by atoms with Gasteiger partial charge in [0.1, 0.15) is 0 Å². The first-order chi connectivity index (χ1) is 12.7. The van der Waals surface area contributed by atoms with E-state index in [1.54, 1.807) is 0 Å². The number of carboxylic acids is 1. The summed E-state index contributed by atoms with van der Waals surface area (Å²) in [7, 11) is 0. The molecule has 0 radical (unpaired) electrons. The average molecular weight is 349 g/mol. The van der Waals surface area contributed by atoms with E-state index in [1.165, 1.54) is 29.7 Å². The smallest absolute Gasteiger partial charge is 0.306 e. The summed E-state index contributed by atoms with van der Waals surface area (Å²) < 4.78 is 0. The molecule has 3 atom stereocenters. The molecule has 1 heterocycles. The Bertz CT molecular complexity index is 741. The van der Waals surface area contributed by atoms with Crippen molar-refractivity contribution in [3.8, 4) is 0 Å². The van der Waals surface area contributed by atoms with E-state index in [0.717, 1.165) is 32.4 Å². The van der Waals surface area contributed by atoms with Crippen molar-refractivity contribution >= 4 is 11.7 Å². The monoisotopic (exact) mass is 349 g/mol. The highest BCUT2D eigenvalue weighted by atomic mass is 16.4. The maximum Gasteiger partial charge on any atom is 0.306 e. The van der Waals surface area contributed by atoms with Crippen LogP contribution < -0.4 is 4.90 Å². The minimum atomic E-state index is -0.622. The minimum absolute atomic E-state index is 0.0856. The third kappa shape index (κ3) is 3.92. The number of carbonyl (C=O) groups is 1. The number of aryl methyl sites for hydroxylation is 1. The van der Waals surface area contributed by atoms with Crippen molar-refractivity contribution in [3.05, 3.63) is 65.7 Å². The zero-order chi connectivity index (χ0) is 17.9. The molecule has 0 aromatic heterocycles. The Balaban J connectivity index is 1.34. The maximum absolute atomic E-state index is 10.9. The predicted octanol–water partition coefficient (Wildman–Crippen LogP) is 4.72. The van der Waals surface area contributed by atoms with E-state index >= 15 is 0 Å². The third-order valence-corrected chi connectivity index (χ3v) is 6.04. The van der Waals surface area contributed by atoms with Crippen LogP contribution in [-0.2, 0) is 11.2 Å². The van der Waals surface area contributed by atoms with E-state index in [2.05, 4.69) is 59.5 Å². The van der Waals surface area contributed by atoms with Gasteiger partial charge in [-0.05, 0) is 61.3 Å². The van der Waals surface area contributed by atoms with Crippen LogP contribution in [0, 0.1) is 11.8 Å². The Kier molecular flexibility index (Phi) is 4.96. The number of carboxylic acid groups (broad SMARTS) is 1. The molecule has 2 unspecified atom stereocenters. The lowest BCUT2D eigenvalue weighted by Crippen LogP contribution is -2.34. The van der Waals surface area contributed by atoms with Crippen LogP contribution in [0.3, 0.4) is 0 Å². The molecule has 1 aliphatic carbocycles. The lowest BCUT2D eigenvalue weighted by Gasteiger charge is -2.34. The van der Waals surface area contributed by atoms with Gasteiger partial charge in [-0.15, -0.1) is 0 Å². The number of hydrogen-bond acceptors (Lipinski definition) is 2. The number of benzene rings is 2. The summed E-state index contributed by atoms with van der Waals surface area (Å²) in [5.74, 6) is 0.300. The Morgan fingerprint density at radius 1 is 1.08 bits per heavy atom. The summed E-state index contributed by atoms with van der Waals surface area (Å²) in [5.41, 5.74) is 4.08. The van der Waals surface area contributed by atoms with E-state index < -0.39 is 5.97 Å². The quantitative estimate of drug-likeness (QED) is 0.820. The van der Waals surface area contributed by atoms with Gasteiger partial charge in [0.25, 0.3) is 0 Å². The van der Waals surface area contributed by atoms with Crippen LogP contribution in [0.5, 0.6) is 0 Å². The van der Waals surface area contributed by atoms with E-state index in [1.807, 2.05) is 0 Å². The third-order valence-electron chi connectivity index (χ3n) is 6.04. The number of anilines is 1.